The molecule has 2 heteroatoms. The van der Waals surface area contributed by atoms with Gasteiger partial charge in [-0.3, -0.25) is 9.78 Å². The largest absolute Gasteiger partial charge is 0.298 e. The molecule has 3 rings (SSSR count). The van der Waals surface area contributed by atoms with Crippen molar-refractivity contribution in [2.45, 2.75) is 25.2 Å². The van der Waals surface area contributed by atoms with Crippen LogP contribution in [-0.2, 0) is 6.42 Å². The lowest BCUT2D eigenvalue weighted by Gasteiger charge is -2.24. The van der Waals surface area contributed by atoms with Gasteiger partial charge in [-0.15, -0.1) is 0 Å². The molecule has 0 saturated heterocycles. The summed E-state index contributed by atoms with van der Waals surface area (Å²) in [5, 5.41) is 0. The number of hydrogen-bond acceptors (Lipinski definition) is 2. The van der Waals surface area contributed by atoms with Gasteiger partial charge in [-0.05, 0) is 42.5 Å². The average Bonchev–Trinajstić information content (AvgIpc) is 2.47. The maximum Gasteiger partial charge on any atom is 0.150 e. The van der Waals surface area contributed by atoms with Crippen LogP contribution >= 0.6 is 0 Å². The van der Waals surface area contributed by atoms with Gasteiger partial charge in [0.2, 0.25) is 0 Å². The van der Waals surface area contributed by atoms with Gasteiger partial charge in [0.05, 0.1) is 5.69 Å². The van der Waals surface area contributed by atoms with Crippen molar-refractivity contribution in [1.82, 2.24) is 4.98 Å². The van der Waals surface area contributed by atoms with Gasteiger partial charge >= 0.3 is 0 Å². The molecule has 2 nitrogen and oxygen atoms in total. The van der Waals surface area contributed by atoms with Crippen LogP contribution < -0.4 is 0 Å². The summed E-state index contributed by atoms with van der Waals surface area (Å²) in [6.07, 6.45) is 6.19. The van der Waals surface area contributed by atoms with Crippen LogP contribution in [0.15, 0.2) is 42.6 Å². The minimum absolute atomic E-state index is 0.342. The second kappa shape index (κ2) is 4.73. The van der Waals surface area contributed by atoms with Crippen molar-refractivity contribution in [2.75, 3.05) is 0 Å². The predicted molar refractivity (Wildman–Crippen MR) is 70.8 cm³/mol. The van der Waals surface area contributed by atoms with Crippen LogP contribution in [0, 0.1) is 0 Å². The molecule has 1 atom stereocenters. The summed E-state index contributed by atoms with van der Waals surface area (Å²) in [6.45, 7) is 0. The molecule has 1 aromatic heterocycles. The van der Waals surface area contributed by atoms with Crippen LogP contribution in [0.2, 0.25) is 0 Å². The fraction of sp³-hybridized carbons (Fsp3) is 0.250. The van der Waals surface area contributed by atoms with Gasteiger partial charge in [0.25, 0.3) is 0 Å². The number of benzene rings is 1. The number of aldehydes is 1. The van der Waals surface area contributed by atoms with Crippen molar-refractivity contribution in [3.05, 3.63) is 65.0 Å². The highest BCUT2D eigenvalue weighted by molar-refractivity contribution is 5.75. The first-order valence-electron chi connectivity index (χ1n) is 6.37. The number of aromatic nitrogens is 1. The number of aryl methyl sites for hydroxylation is 1. The molecular formula is C16H15NO. The smallest absolute Gasteiger partial charge is 0.150 e. The Balaban J connectivity index is 2.05. The molecule has 18 heavy (non-hydrogen) atoms. The van der Waals surface area contributed by atoms with Gasteiger partial charge in [-0.1, -0.05) is 24.3 Å². The van der Waals surface area contributed by atoms with E-state index in [1.165, 1.54) is 23.2 Å². The van der Waals surface area contributed by atoms with Crippen LogP contribution in [-0.4, -0.2) is 11.3 Å². The van der Waals surface area contributed by atoms with Crippen molar-refractivity contribution in [1.29, 1.82) is 0 Å². The third-order valence-electron chi connectivity index (χ3n) is 3.64. The van der Waals surface area contributed by atoms with Gasteiger partial charge in [-0.25, -0.2) is 0 Å². The summed E-state index contributed by atoms with van der Waals surface area (Å²) >= 11 is 0. The summed E-state index contributed by atoms with van der Waals surface area (Å²) in [5.41, 5.74) is 4.49. The van der Waals surface area contributed by atoms with E-state index < -0.39 is 0 Å². The first-order chi connectivity index (χ1) is 8.88. The fourth-order valence-corrected chi connectivity index (χ4v) is 2.78. The molecule has 90 valence electrons. The second-order valence-electron chi connectivity index (χ2n) is 4.78. The number of carbonyl (C=O) groups is 1. The van der Waals surface area contributed by atoms with E-state index in [4.69, 9.17) is 0 Å². The van der Waals surface area contributed by atoms with E-state index in [1.54, 1.807) is 0 Å². The van der Waals surface area contributed by atoms with E-state index in [-0.39, 0.29) is 0 Å². The first kappa shape index (κ1) is 11.1. The van der Waals surface area contributed by atoms with Crippen molar-refractivity contribution in [3.8, 4) is 0 Å². The highest BCUT2D eigenvalue weighted by Crippen LogP contribution is 2.35. The highest BCUT2D eigenvalue weighted by atomic mass is 16.1. The Kier molecular flexibility index (Phi) is 2.93. The zero-order valence-corrected chi connectivity index (χ0v) is 10.2. The second-order valence-corrected chi connectivity index (χ2v) is 4.78. The number of carbonyl (C=O) groups excluding carboxylic acids is 1. The molecule has 1 unspecified atom stereocenters. The van der Waals surface area contributed by atoms with Gasteiger partial charge in [-0.2, -0.15) is 0 Å². The third kappa shape index (κ3) is 1.94. The molecule has 0 saturated carbocycles. The first-order valence-corrected chi connectivity index (χ1v) is 6.37. The van der Waals surface area contributed by atoms with Crippen LogP contribution in [0.25, 0.3) is 0 Å². The van der Waals surface area contributed by atoms with Crippen molar-refractivity contribution < 1.29 is 4.79 Å². The standard InChI is InChI=1S/C16H15NO/c18-11-12-4-1-6-14(10-12)15-8-2-5-13-7-3-9-17-16(13)15/h1,3-4,6-7,9-11,15H,2,5,8H2. The molecule has 0 aliphatic heterocycles. The van der Waals surface area contributed by atoms with E-state index in [1.807, 2.05) is 30.5 Å². The molecule has 0 spiro atoms. The Bertz CT molecular complexity index is 577. The lowest BCUT2D eigenvalue weighted by Crippen LogP contribution is -2.13. The zero-order valence-electron chi connectivity index (χ0n) is 10.2. The van der Waals surface area contributed by atoms with Crippen LogP contribution in [0.3, 0.4) is 0 Å². The molecule has 0 amide bonds. The van der Waals surface area contributed by atoms with Gasteiger partial charge < -0.3 is 0 Å². The van der Waals surface area contributed by atoms with E-state index in [0.29, 0.717) is 5.92 Å². The topological polar surface area (TPSA) is 30.0 Å². The molecule has 0 N–H and O–H groups in total. The zero-order chi connectivity index (χ0) is 12.4. The Morgan fingerprint density at radius 2 is 2.17 bits per heavy atom. The van der Waals surface area contributed by atoms with Crippen molar-refractivity contribution >= 4 is 6.29 Å². The van der Waals surface area contributed by atoms with E-state index >= 15 is 0 Å². The molecule has 2 aromatic rings. The lowest BCUT2D eigenvalue weighted by atomic mass is 9.82. The monoisotopic (exact) mass is 237 g/mol. The summed E-state index contributed by atoms with van der Waals surface area (Å²) < 4.78 is 0. The molecule has 0 bridgehead atoms. The summed E-state index contributed by atoms with van der Waals surface area (Å²) in [6, 6.07) is 12.1. The van der Waals surface area contributed by atoms with E-state index in [9.17, 15) is 4.79 Å². The summed E-state index contributed by atoms with van der Waals surface area (Å²) in [7, 11) is 0. The molecule has 1 aliphatic carbocycles. The molecule has 0 radical (unpaired) electrons. The molecule has 1 aliphatic rings. The normalized spacial score (nSPS) is 18.1. The van der Waals surface area contributed by atoms with Crippen molar-refractivity contribution in [2.24, 2.45) is 0 Å². The Hall–Kier alpha value is -1.96. The van der Waals surface area contributed by atoms with Crippen LogP contribution in [0.4, 0.5) is 0 Å². The van der Waals surface area contributed by atoms with Crippen molar-refractivity contribution in [3.63, 3.8) is 0 Å². The number of fused-ring (bicyclic) bond motifs is 1. The van der Waals surface area contributed by atoms with Gasteiger partial charge in [0.15, 0.2) is 0 Å². The maximum absolute atomic E-state index is 10.9. The Morgan fingerprint density at radius 1 is 1.22 bits per heavy atom. The molecule has 1 aromatic carbocycles. The average molecular weight is 237 g/mol. The number of hydrogen-bond donors (Lipinski definition) is 0. The van der Waals surface area contributed by atoms with Gasteiger partial charge in [0, 0.05) is 17.7 Å². The molecular weight excluding hydrogens is 222 g/mol. The van der Waals surface area contributed by atoms with E-state index in [2.05, 4.69) is 17.1 Å². The van der Waals surface area contributed by atoms with Gasteiger partial charge in [0.1, 0.15) is 6.29 Å². The van der Waals surface area contributed by atoms with E-state index in [0.717, 1.165) is 24.7 Å². The predicted octanol–water partition coefficient (Wildman–Crippen LogP) is 3.36. The number of rotatable bonds is 2. The highest BCUT2D eigenvalue weighted by Gasteiger charge is 2.22. The molecule has 1 heterocycles. The maximum atomic E-state index is 10.9. The summed E-state index contributed by atoms with van der Waals surface area (Å²) in [5.74, 6) is 0.342. The van der Waals surface area contributed by atoms with Crippen LogP contribution in [0.5, 0.6) is 0 Å². The SMILES string of the molecule is O=Cc1cccc(C2CCCc3cccnc32)c1. The minimum atomic E-state index is 0.342. The fourth-order valence-electron chi connectivity index (χ4n) is 2.78. The number of pyridine rings is 1. The quantitative estimate of drug-likeness (QED) is 0.750. The molecule has 0 fully saturated rings. The van der Waals surface area contributed by atoms with Crippen LogP contribution in [0.1, 0.15) is 45.9 Å². The summed E-state index contributed by atoms with van der Waals surface area (Å²) in [4.78, 5) is 15.4. The lowest BCUT2D eigenvalue weighted by molar-refractivity contribution is 0.112. The minimum Gasteiger partial charge on any atom is -0.298 e. The Labute approximate surface area is 107 Å². The third-order valence-corrected chi connectivity index (χ3v) is 3.64. The Morgan fingerprint density at radius 3 is 3.06 bits per heavy atom. The number of nitrogens with zero attached hydrogens (tertiary/aromatic N) is 1.